The first-order valence-electron chi connectivity index (χ1n) is 5.87. The molecule has 2 atom stereocenters. The number of aromatic nitrogens is 1. The highest BCUT2D eigenvalue weighted by atomic mass is 32.2. The predicted octanol–water partition coefficient (Wildman–Crippen LogP) is 3.89. The van der Waals surface area contributed by atoms with E-state index in [9.17, 15) is 4.79 Å². The molecule has 0 bridgehead atoms. The second kappa shape index (κ2) is 5.71. The number of para-hydroxylation sites is 1. The minimum atomic E-state index is -0.724. The van der Waals surface area contributed by atoms with Crippen LogP contribution in [0.3, 0.4) is 0 Å². The summed E-state index contributed by atoms with van der Waals surface area (Å²) in [6.45, 7) is 3.87. The maximum Gasteiger partial charge on any atom is 0.307 e. The zero-order chi connectivity index (χ0) is 13.1. The number of carbonyl (C=O) groups is 1. The number of hydrogen-bond donors (Lipinski definition) is 1. The van der Waals surface area contributed by atoms with Gasteiger partial charge in [0.25, 0.3) is 0 Å². The van der Waals surface area contributed by atoms with Crippen molar-refractivity contribution in [3.63, 3.8) is 0 Å². The molecule has 0 aliphatic heterocycles. The normalized spacial score (nSPS) is 14.6. The minimum absolute atomic E-state index is 0.0352. The highest BCUT2D eigenvalue weighted by Crippen LogP contribution is 2.35. The smallest absolute Gasteiger partial charge is 0.307 e. The molecular weight excluding hydrogens is 266 g/mol. The number of aliphatic carboxylic acids is 1. The fourth-order valence-corrected chi connectivity index (χ4v) is 4.41. The number of fused-ring (bicyclic) bond motifs is 1. The average molecular weight is 281 g/mol. The van der Waals surface area contributed by atoms with Crippen LogP contribution in [0.5, 0.6) is 0 Å². The first kappa shape index (κ1) is 13.4. The van der Waals surface area contributed by atoms with Crippen LogP contribution in [0.15, 0.2) is 28.6 Å². The highest BCUT2D eigenvalue weighted by molar-refractivity contribution is 8.01. The molecule has 2 aromatic rings. The number of nitrogens with zero attached hydrogens (tertiary/aromatic N) is 1. The Hall–Kier alpha value is -1.07. The predicted molar refractivity (Wildman–Crippen MR) is 76.4 cm³/mol. The van der Waals surface area contributed by atoms with Gasteiger partial charge < -0.3 is 5.11 Å². The number of thiazole rings is 1. The molecule has 96 valence electrons. The van der Waals surface area contributed by atoms with Crippen LogP contribution >= 0.6 is 23.1 Å². The fourth-order valence-electron chi connectivity index (χ4n) is 1.85. The van der Waals surface area contributed by atoms with E-state index in [0.29, 0.717) is 6.42 Å². The molecule has 1 aromatic heterocycles. The lowest BCUT2D eigenvalue weighted by molar-refractivity contribution is -0.141. The molecule has 0 spiro atoms. The van der Waals surface area contributed by atoms with Gasteiger partial charge in [0, 0.05) is 5.25 Å². The molecule has 2 unspecified atom stereocenters. The fraction of sp³-hybridized carbons (Fsp3) is 0.385. The Kier molecular flexibility index (Phi) is 4.24. The number of rotatable bonds is 5. The SMILES string of the molecule is CCC(C(=O)O)C(C)Sc1nc2ccccc2s1. The number of carboxylic acids is 1. The second-order valence-electron chi connectivity index (χ2n) is 4.12. The molecule has 0 aliphatic rings. The molecule has 2 rings (SSSR count). The van der Waals surface area contributed by atoms with E-state index in [1.807, 2.05) is 38.1 Å². The number of thioether (sulfide) groups is 1. The first-order chi connectivity index (χ1) is 8.61. The van der Waals surface area contributed by atoms with Crippen molar-refractivity contribution in [2.45, 2.75) is 29.9 Å². The summed E-state index contributed by atoms with van der Waals surface area (Å²) in [5.41, 5.74) is 0.987. The van der Waals surface area contributed by atoms with Crippen LogP contribution in [0.4, 0.5) is 0 Å². The van der Waals surface area contributed by atoms with Gasteiger partial charge in [0.05, 0.1) is 16.1 Å². The van der Waals surface area contributed by atoms with Crippen LogP contribution in [0, 0.1) is 5.92 Å². The van der Waals surface area contributed by atoms with Crippen molar-refractivity contribution in [1.29, 1.82) is 0 Å². The highest BCUT2D eigenvalue weighted by Gasteiger charge is 2.24. The molecule has 5 heteroatoms. The van der Waals surface area contributed by atoms with E-state index >= 15 is 0 Å². The van der Waals surface area contributed by atoms with Crippen molar-refractivity contribution >= 4 is 39.3 Å². The summed E-state index contributed by atoms with van der Waals surface area (Å²) < 4.78 is 2.10. The van der Waals surface area contributed by atoms with Crippen LogP contribution in [-0.4, -0.2) is 21.3 Å². The summed E-state index contributed by atoms with van der Waals surface area (Å²) in [5.74, 6) is -1.04. The van der Waals surface area contributed by atoms with E-state index in [0.717, 1.165) is 14.6 Å². The minimum Gasteiger partial charge on any atom is -0.481 e. The molecule has 0 aliphatic carbocycles. The molecule has 18 heavy (non-hydrogen) atoms. The Labute approximate surface area is 114 Å². The van der Waals surface area contributed by atoms with Crippen molar-refractivity contribution < 1.29 is 9.90 Å². The average Bonchev–Trinajstić information content (AvgIpc) is 2.71. The van der Waals surface area contributed by atoms with E-state index in [1.165, 1.54) is 0 Å². The summed E-state index contributed by atoms with van der Waals surface area (Å²) in [6, 6.07) is 7.97. The van der Waals surface area contributed by atoms with Gasteiger partial charge in [0.15, 0.2) is 4.34 Å². The van der Waals surface area contributed by atoms with Crippen LogP contribution in [0.25, 0.3) is 10.2 Å². The van der Waals surface area contributed by atoms with Crippen molar-refractivity contribution in [3.8, 4) is 0 Å². The van der Waals surface area contributed by atoms with E-state index in [1.54, 1.807) is 23.1 Å². The standard InChI is InChI=1S/C13H15NO2S2/c1-3-9(12(15)16)8(2)17-13-14-10-6-4-5-7-11(10)18-13/h4-9H,3H2,1-2H3,(H,15,16). The zero-order valence-corrected chi connectivity index (χ0v) is 11.9. The molecule has 3 nitrogen and oxygen atoms in total. The topological polar surface area (TPSA) is 50.2 Å². The summed E-state index contributed by atoms with van der Waals surface area (Å²) in [4.78, 5) is 15.6. The van der Waals surface area contributed by atoms with E-state index in [2.05, 4.69) is 4.98 Å². The maximum absolute atomic E-state index is 11.1. The van der Waals surface area contributed by atoms with E-state index in [4.69, 9.17) is 5.11 Å². The second-order valence-corrected chi connectivity index (χ2v) is 6.78. The van der Waals surface area contributed by atoms with E-state index < -0.39 is 5.97 Å². The van der Waals surface area contributed by atoms with Crippen LogP contribution < -0.4 is 0 Å². The molecule has 1 N–H and O–H groups in total. The Balaban J connectivity index is 2.15. The molecule has 1 heterocycles. The number of carboxylic acid groups (broad SMARTS) is 1. The van der Waals surface area contributed by atoms with Gasteiger partial charge in [-0.1, -0.05) is 37.7 Å². The van der Waals surface area contributed by atoms with Crippen molar-refractivity contribution in [2.75, 3.05) is 0 Å². The number of benzene rings is 1. The van der Waals surface area contributed by atoms with Gasteiger partial charge in [-0.15, -0.1) is 11.3 Å². The van der Waals surface area contributed by atoms with E-state index in [-0.39, 0.29) is 11.2 Å². The molecular formula is C13H15NO2S2. The van der Waals surface area contributed by atoms with Gasteiger partial charge >= 0.3 is 5.97 Å². The Bertz CT molecular complexity index is 520. The third-order valence-corrected chi connectivity index (χ3v) is 5.25. The van der Waals surface area contributed by atoms with Crippen LogP contribution in [-0.2, 0) is 4.79 Å². The molecule has 0 fully saturated rings. The van der Waals surface area contributed by atoms with Crippen LogP contribution in [0.2, 0.25) is 0 Å². The van der Waals surface area contributed by atoms with Gasteiger partial charge in [0.1, 0.15) is 0 Å². The van der Waals surface area contributed by atoms with Crippen molar-refractivity contribution in [2.24, 2.45) is 5.92 Å². The monoisotopic (exact) mass is 281 g/mol. The summed E-state index contributed by atoms with van der Waals surface area (Å²) in [7, 11) is 0. The van der Waals surface area contributed by atoms with Gasteiger partial charge in [-0.2, -0.15) is 0 Å². The third kappa shape index (κ3) is 2.84. The Morgan fingerprint density at radius 1 is 1.50 bits per heavy atom. The lowest BCUT2D eigenvalue weighted by atomic mass is 10.0. The zero-order valence-electron chi connectivity index (χ0n) is 10.3. The summed E-state index contributed by atoms with van der Waals surface area (Å²) >= 11 is 3.18. The van der Waals surface area contributed by atoms with Gasteiger partial charge in [-0.25, -0.2) is 4.98 Å². The van der Waals surface area contributed by atoms with Gasteiger partial charge in [-0.05, 0) is 18.6 Å². The molecule has 0 radical (unpaired) electrons. The van der Waals surface area contributed by atoms with Gasteiger partial charge in [-0.3, -0.25) is 4.79 Å². The molecule has 0 saturated carbocycles. The van der Waals surface area contributed by atoms with Gasteiger partial charge in [0.2, 0.25) is 0 Å². The maximum atomic E-state index is 11.1. The van der Waals surface area contributed by atoms with Crippen LogP contribution in [0.1, 0.15) is 20.3 Å². The van der Waals surface area contributed by atoms with Crippen molar-refractivity contribution in [1.82, 2.24) is 4.98 Å². The third-order valence-electron chi connectivity index (χ3n) is 2.88. The molecule has 0 amide bonds. The number of hydrogen-bond acceptors (Lipinski definition) is 4. The molecule has 0 saturated heterocycles. The summed E-state index contributed by atoms with van der Waals surface area (Å²) in [6.07, 6.45) is 0.647. The van der Waals surface area contributed by atoms with Crippen molar-refractivity contribution in [3.05, 3.63) is 24.3 Å². The quantitative estimate of drug-likeness (QED) is 0.845. The lowest BCUT2D eigenvalue weighted by Crippen LogP contribution is -2.22. The first-order valence-corrected chi connectivity index (χ1v) is 7.56. The lowest BCUT2D eigenvalue weighted by Gasteiger charge is -2.16. The largest absolute Gasteiger partial charge is 0.481 e. The Morgan fingerprint density at radius 2 is 2.22 bits per heavy atom. The molecule has 1 aromatic carbocycles. The summed E-state index contributed by atoms with van der Waals surface area (Å²) in [5, 5.41) is 9.17. The Morgan fingerprint density at radius 3 is 2.83 bits per heavy atom.